The monoisotopic (exact) mass is 395 g/mol. The minimum absolute atomic E-state index is 0.0947. The van der Waals surface area contributed by atoms with E-state index in [1.54, 1.807) is 31.3 Å². The van der Waals surface area contributed by atoms with E-state index in [0.29, 0.717) is 25.3 Å². The van der Waals surface area contributed by atoms with Crippen molar-refractivity contribution in [3.05, 3.63) is 64.1 Å². The third-order valence-electron chi connectivity index (χ3n) is 5.22. The first-order valence-electron chi connectivity index (χ1n) is 9.91. The molecule has 1 saturated heterocycles. The molecular formula is C21H25N5O3. The van der Waals surface area contributed by atoms with Crippen molar-refractivity contribution in [1.82, 2.24) is 14.2 Å². The van der Waals surface area contributed by atoms with Gasteiger partial charge in [-0.25, -0.2) is 4.79 Å². The Labute approximate surface area is 168 Å². The van der Waals surface area contributed by atoms with Crippen LogP contribution in [0.4, 0.5) is 5.82 Å². The summed E-state index contributed by atoms with van der Waals surface area (Å²) in [6.07, 6.45) is 3.61. The topological polar surface area (TPSA) is 94.9 Å². The average molecular weight is 395 g/mol. The minimum atomic E-state index is -0.330. The molecule has 0 saturated carbocycles. The van der Waals surface area contributed by atoms with Gasteiger partial charge in [-0.15, -0.1) is 0 Å². The molecule has 0 spiro atoms. The highest BCUT2D eigenvalue weighted by Gasteiger charge is 2.21. The van der Waals surface area contributed by atoms with Gasteiger partial charge in [0, 0.05) is 31.3 Å². The van der Waals surface area contributed by atoms with Gasteiger partial charge in [0.15, 0.2) is 0 Å². The predicted molar refractivity (Wildman–Crippen MR) is 110 cm³/mol. The molecule has 3 aromatic rings. The Morgan fingerprint density at radius 1 is 1.28 bits per heavy atom. The van der Waals surface area contributed by atoms with Crippen LogP contribution in [-0.4, -0.2) is 45.9 Å². The van der Waals surface area contributed by atoms with E-state index < -0.39 is 0 Å². The molecule has 1 atom stereocenters. The minimum Gasteiger partial charge on any atom is -0.462 e. The zero-order valence-corrected chi connectivity index (χ0v) is 16.5. The molecule has 3 heterocycles. The molecule has 0 bridgehead atoms. The maximum Gasteiger partial charge on any atom is 0.338 e. The van der Waals surface area contributed by atoms with Crippen LogP contribution in [0.15, 0.2) is 47.4 Å². The Morgan fingerprint density at radius 3 is 2.79 bits per heavy atom. The number of aromatic nitrogens is 3. The van der Waals surface area contributed by atoms with Gasteiger partial charge in [0.2, 0.25) is 0 Å². The number of hydrogen-bond donors (Lipinski definition) is 1. The second-order valence-electron chi connectivity index (χ2n) is 7.29. The number of fused-ring (bicyclic) bond motifs is 1. The molecule has 0 amide bonds. The highest BCUT2D eigenvalue weighted by molar-refractivity contribution is 5.89. The molecule has 0 radical (unpaired) electrons. The number of hydrogen-bond acceptors (Lipinski definition) is 6. The van der Waals surface area contributed by atoms with Crippen LogP contribution >= 0.6 is 0 Å². The molecule has 0 aliphatic carbocycles. The highest BCUT2D eigenvalue weighted by Crippen LogP contribution is 2.22. The third-order valence-corrected chi connectivity index (χ3v) is 5.22. The largest absolute Gasteiger partial charge is 0.462 e. The summed E-state index contributed by atoms with van der Waals surface area (Å²) >= 11 is 0. The summed E-state index contributed by atoms with van der Waals surface area (Å²) in [5, 5.41) is 4.16. The van der Waals surface area contributed by atoms with E-state index in [1.807, 2.05) is 18.2 Å². The number of carbonyl (C=O) groups excluding carboxylic acids is 1. The number of benzene rings is 1. The number of rotatable bonds is 5. The van der Waals surface area contributed by atoms with E-state index >= 15 is 0 Å². The number of ether oxygens (including phenoxy) is 1. The summed E-state index contributed by atoms with van der Waals surface area (Å²) in [5.41, 5.74) is 8.27. The fourth-order valence-corrected chi connectivity index (χ4v) is 3.82. The molecule has 2 aromatic heterocycles. The Morgan fingerprint density at radius 2 is 2.07 bits per heavy atom. The van der Waals surface area contributed by atoms with Crippen molar-refractivity contribution < 1.29 is 9.53 Å². The van der Waals surface area contributed by atoms with Gasteiger partial charge in [-0.1, -0.05) is 12.1 Å². The van der Waals surface area contributed by atoms with E-state index in [1.165, 1.54) is 4.52 Å². The molecule has 1 aliphatic heterocycles. The normalized spacial score (nSPS) is 16.9. The van der Waals surface area contributed by atoms with Crippen molar-refractivity contribution in [2.45, 2.75) is 32.4 Å². The summed E-state index contributed by atoms with van der Waals surface area (Å²) in [6.45, 7) is 4.25. The molecule has 1 aliphatic rings. The SMILES string of the molecule is CCOC(=O)c1ccc(Cn2c(N3CCC[C@@H](N)C3)cc(=O)n3nccc23)cc1. The zero-order chi connectivity index (χ0) is 20.4. The quantitative estimate of drug-likeness (QED) is 0.660. The van der Waals surface area contributed by atoms with Crippen molar-refractivity contribution in [3.8, 4) is 0 Å². The fraction of sp³-hybridized carbons (Fsp3) is 0.381. The summed E-state index contributed by atoms with van der Waals surface area (Å²) in [6, 6.07) is 10.9. The van der Waals surface area contributed by atoms with Crippen LogP contribution in [0.25, 0.3) is 5.65 Å². The number of nitrogens with zero attached hydrogens (tertiary/aromatic N) is 4. The van der Waals surface area contributed by atoms with Crippen molar-refractivity contribution in [2.24, 2.45) is 5.73 Å². The summed E-state index contributed by atoms with van der Waals surface area (Å²) in [5.74, 6) is 0.510. The van der Waals surface area contributed by atoms with E-state index in [0.717, 1.165) is 36.4 Å². The first-order chi connectivity index (χ1) is 14.1. The lowest BCUT2D eigenvalue weighted by molar-refractivity contribution is 0.0526. The van der Waals surface area contributed by atoms with Crippen molar-refractivity contribution in [3.63, 3.8) is 0 Å². The molecule has 8 heteroatoms. The van der Waals surface area contributed by atoms with Crippen molar-refractivity contribution in [2.75, 3.05) is 24.6 Å². The lowest BCUT2D eigenvalue weighted by Gasteiger charge is -2.34. The van der Waals surface area contributed by atoms with Crippen molar-refractivity contribution in [1.29, 1.82) is 0 Å². The first-order valence-corrected chi connectivity index (χ1v) is 9.91. The molecule has 4 rings (SSSR count). The van der Waals surface area contributed by atoms with Gasteiger partial charge in [-0.05, 0) is 37.5 Å². The van der Waals surface area contributed by atoms with Crippen LogP contribution in [0.2, 0.25) is 0 Å². The number of esters is 1. The molecule has 1 aromatic carbocycles. The maximum absolute atomic E-state index is 12.5. The third kappa shape index (κ3) is 3.88. The predicted octanol–water partition coefficient (Wildman–Crippen LogP) is 1.65. The van der Waals surface area contributed by atoms with E-state index in [4.69, 9.17) is 10.5 Å². The van der Waals surface area contributed by atoms with Crippen LogP contribution in [0.1, 0.15) is 35.7 Å². The Balaban J connectivity index is 1.71. The van der Waals surface area contributed by atoms with Gasteiger partial charge in [0.05, 0.1) is 24.9 Å². The van der Waals surface area contributed by atoms with Gasteiger partial charge in [0.25, 0.3) is 5.56 Å². The Kier molecular flexibility index (Phi) is 5.35. The molecular weight excluding hydrogens is 370 g/mol. The lowest BCUT2D eigenvalue weighted by Crippen LogP contribution is -2.44. The van der Waals surface area contributed by atoms with Crippen molar-refractivity contribution >= 4 is 17.4 Å². The van der Waals surface area contributed by atoms with Gasteiger partial charge < -0.3 is 19.9 Å². The molecule has 152 valence electrons. The number of nitrogens with two attached hydrogens (primary N) is 1. The van der Waals surface area contributed by atoms with Gasteiger partial charge in [0.1, 0.15) is 11.5 Å². The summed E-state index contributed by atoms with van der Waals surface area (Å²) in [7, 11) is 0. The average Bonchev–Trinajstić information content (AvgIpc) is 3.21. The van der Waals surface area contributed by atoms with Crippen LogP contribution in [-0.2, 0) is 11.3 Å². The lowest BCUT2D eigenvalue weighted by atomic mass is 10.1. The number of anilines is 1. The molecule has 29 heavy (non-hydrogen) atoms. The zero-order valence-electron chi connectivity index (χ0n) is 16.5. The standard InChI is InChI=1S/C21H25N5O3/c1-2-29-21(28)16-7-5-15(6-8-16)13-25-18-9-10-23-26(18)20(27)12-19(25)24-11-3-4-17(22)14-24/h5-10,12,17H,2-4,11,13-14,22H2,1H3/t17-/m1/s1. The van der Waals surface area contributed by atoms with E-state index in [-0.39, 0.29) is 17.6 Å². The van der Waals surface area contributed by atoms with Gasteiger partial charge >= 0.3 is 5.97 Å². The molecule has 0 unspecified atom stereocenters. The smallest absolute Gasteiger partial charge is 0.338 e. The Hall–Kier alpha value is -3.13. The van der Waals surface area contributed by atoms with Crippen LogP contribution in [0.5, 0.6) is 0 Å². The van der Waals surface area contributed by atoms with Crippen LogP contribution in [0, 0.1) is 0 Å². The van der Waals surface area contributed by atoms with E-state index in [2.05, 4.69) is 14.6 Å². The molecule has 1 fully saturated rings. The molecule has 8 nitrogen and oxygen atoms in total. The fourth-order valence-electron chi connectivity index (χ4n) is 3.82. The maximum atomic E-state index is 12.5. The van der Waals surface area contributed by atoms with Gasteiger partial charge in [-0.3, -0.25) is 4.79 Å². The number of carbonyl (C=O) groups is 1. The van der Waals surface area contributed by atoms with Gasteiger partial charge in [-0.2, -0.15) is 9.61 Å². The second-order valence-corrected chi connectivity index (χ2v) is 7.29. The summed E-state index contributed by atoms with van der Waals surface area (Å²) in [4.78, 5) is 26.6. The summed E-state index contributed by atoms with van der Waals surface area (Å²) < 4.78 is 8.52. The number of piperidine rings is 1. The molecule has 2 N–H and O–H groups in total. The Bertz CT molecular complexity index is 1070. The van der Waals surface area contributed by atoms with Crippen LogP contribution < -0.4 is 16.2 Å². The first kappa shape index (κ1) is 19.2. The highest BCUT2D eigenvalue weighted by atomic mass is 16.5. The van der Waals surface area contributed by atoms with Crippen LogP contribution in [0.3, 0.4) is 0 Å². The van der Waals surface area contributed by atoms with E-state index in [9.17, 15) is 9.59 Å². The second kappa shape index (κ2) is 8.08.